The highest BCUT2D eigenvalue weighted by Gasteiger charge is 2.23. The molecule has 3 rings (SSSR count). The molecule has 2 amide bonds. The number of unbranched alkanes of at least 4 members (excludes halogenated alkanes) is 1. The number of nitrogens with one attached hydrogen (secondary N) is 1. The summed E-state index contributed by atoms with van der Waals surface area (Å²) in [6.07, 6.45) is 4.17. The van der Waals surface area contributed by atoms with Gasteiger partial charge in [0.2, 0.25) is 17.0 Å². The molecule has 0 saturated heterocycles. The van der Waals surface area contributed by atoms with Crippen molar-refractivity contribution in [1.82, 2.24) is 25.1 Å². The highest BCUT2D eigenvalue weighted by Crippen LogP contribution is 2.24. The van der Waals surface area contributed by atoms with Crippen LogP contribution in [0.25, 0.3) is 5.69 Å². The number of nitrogens with zero attached hydrogens (tertiary/aromatic N) is 5. The van der Waals surface area contributed by atoms with Crippen molar-refractivity contribution < 1.29 is 9.59 Å². The second-order valence-electron chi connectivity index (χ2n) is 8.16. The van der Waals surface area contributed by atoms with Crippen LogP contribution < -0.4 is 5.32 Å². The minimum absolute atomic E-state index is 0.0358. The van der Waals surface area contributed by atoms with Crippen molar-refractivity contribution >= 4 is 29.3 Å². The maximum atomic E-state index is 12.9. The summed E-state index contributed by atoms with van der Waals surface area (Å²) in [5.41, 5.74) is 3.95. The number of likely N-dealkylation sites (N-methyl/N-ethyl adjacent to an activating group) is 1. The Labute approximate surface area is 205 Å². The van der Waals surface area contributed by atoms with Crippen LogP contribution in [-0.2, 0) is 22.4 Å². The van der Waals surface area contributed by atoms with E-state index in [1.165, 1.54) is 22.2 Å². The highest BCUT2D eigenvalue weighted by molar-refractivity contribution is 8.00. The monoisotopic (exact) mass is 480 g/mol. The normalized spacial score (nSPS) is 11.8. The van der Waals surface area contributed by atoms with Gasteiger partial charge in [0, 0.05) is 12.7 Å². The van der Waals surface area contributed by atoms with Crippen LogP contribution in [0.5, 0.6) is 0 Å². The number of rotatable bonds is 11. The van der Waals surface area contributed by atoms with E-state index in [4.69, 9.17) is 0 Å². The van der Waals surface area contributed by atoms with Crippen molar-refractivity contribution in [3.63, 3.8) is 0 Å². The topological polar surface area (TPSA) is 93.0 Å². The highest BCUT2D eigenvalue weighted by atomic mass is 32.2. The fourth-order valence-corrected chi connectivity index (χ4v) is 4.47. The second-order valence-corrected chi connectivity index (χ2v) is 9.46. The number of carbonyl (C=O) groups is 2. The maximum absolute atomic E-state index is 12.9. The van der Waals surface area contributed by atoms with Crippen LogP contribution in [0.3, 0.4) is 0 Å². The molecule has 0 bridgehead atoms. The lowest BCUT2D eigenvalue weighted by Crippen LogP contribution is -2.39. The summed E-state index contributed by atoms with van der Waals surface area (Å²) in [5, 5.41) is 14.9. The van der Waals surface area contributed by atoms with Crippen LogP contribution in [0.4, 0.5) is 5.69 Å². The molecular weight excluding hydrogens is 448 g/mol. The van der Waals surface area contributed by atoms with Crippen molar-refractivity contribution in [1.29, 1.82) is 0 Å². The first-order chi connectivity index (χ1) is 16.4. The molecule has 3 aromatic rings. The van der Waals surface area contributed by atoms with Gasteiger partial charge in [-0.15, -0.1) is 5.10 Å². The largest absolute Gasteiger partial charge is 0.335 e. The van der Waals surface area contributed by atoms with E-state index >= 15 is 0 Å². The van der Waals surface area contributed by atoms with Gasteiger partial charge < -0.3 is 10.2 Å². The molecule has 180 valence electrons. The van der Waals surface area contributed by atoms with E-state index in [1.54, 1.807) is 18.7 Å². The van der Waals surface area contributed by atoms with Gasteiger partial charge in [-0.2, -0.15) is 4.68 Å². The Morgan fingerprint density at radius 2 is 1.85 bits per heavy atom. The Hall–Kier alpha value is -3.20. The van der Waals surface area contributed by atoms with Gasteiger partial charge in [0.15, 0.2) is 0 Å². The molecule has 0 aliphatic rings. The van der Waals surface area contributed by atoms with E-state index in [9.17, 15) is 9.59 Å². The number of hydrogen-bond acceptors (Lipinski definition) is 6. The Bertz CT molecular complexity index is 1100. The lowest BCUT2D eigenvalue weighted by Gasteiger charge is -2.20. The lowest BCUT2D eigenvalue weighted by molar-refractivity contribution is -0.132. The number of benzene rings is 2. The average Bonchev–Trinajstić information content (AvgIpc) is 3.30. The second kappa shape index (κ2) is 12.3. The van der Waals surface area contributed by atoms with E-state index in [-0.39, 0.29) is 18.4 Å². The van der Waals surface area contributed by atoms with Crippen LogP contribution in [0.2, 0.25) is 0 Å². The zero-order valence-corrected chi connectivity index (χ0v) is 21.0. The molecule has 1 atom stereocenters. The summed E-state index contributed by atoms with van der Waals surface area (Å²) in [7, 11) is 1.63. The third-order valence-electron chi connectivity index (χ3n) is 5.50. The van der Waals surface area contributed by atoms with E-state index in [1.807, 2.05) is 43.3 Å². The van der Waals surface area contributed by atoms with Gasteiger partial charge in [-0.3, -0.25) is 9.59 Å². The number of aromatic nitrogens is 4. The number of hydrogen-bond donors (Lipinski definition) is 1. The third-order valence-corrected chi connectivity index (χ3v) is 6.52. The van der Waals surface area contributed by atoms with Gasteiger partial charge in [0.25, 0.3) is 0 Å². The van der Waals surface area contributed by atoms with Gasteiger partial charge >= 0.3 is 0 Å². The number of para-hydroxylation sites is 1. The van der Waals surface area contributed by atoms with Crippen LogP contribution >= 0.6 is 11.8 Å². The van der Waals surface area contributed by atoms with E-state index in [0.717, 1.165) is 42.6 Å². The molecule has 0 aliphatic carbocycles. The molecule has 0 saturated carbocycles. The van der Waals surface area contributed by atoms with E-state index < -0.39 is 5.25 Å². The first-order valence-corrected chi connectivity index (χ1v) is 12.5. The molecular formula is C25H32N6O2S. The van der Waals surface area contributed by atoms with Crippen molar-refractivity contribution in [2.75, 3.05) is 18.9 Å². The zero-order valence-electron chi connectivity index (χ0n) is 20.2. The SMILES string of the molecule is CCCCc1ccc(-n2nnnc2SC(C)C(=O)N(C)CC(=O)Nc2ccccc2CC)cc1. The Balaban J connectivity index is 1.59. The fraction of sp³-hybridized carbons (Fsp3) is 0.400. The van der Waals surface area contributed by atoms with Crippen LogP contribution in [0, 0.1) is 0 Å². The molecule has 8 nitrogen and oxygen atoms in total. The zero-order chi connectivity index (χ0) is 24.5. The average molecular weight is 481 g/mol. The van der Waals surface area contributed by atoms with Gasteiger partial charge in [0.05, 0.1) is 17.5 Å². The fourth-order valence-electron chi connectivity index (χ4n) is 3.55. The molecule has 0 fully saturated rings. The van der Waals surface area contributed by atoms with Crippen molar-refractivity contribution in [2.45, 2.75) is 56.9 Å². The Morgan fingerprint density at radius 1 is 1.12 bits per heavy atom. The number of carbonyl (C=O) groups excluding carboxylic acids is 2. The molecule has 0 aliphatic heterocycles. The van der Waals surface area contributed by atoms with Crippen LogP contribution in [0.15, 0.2) is 53.7 Å². The van der Waals surface area contributed by atoms with E-state index in [2.05, 4.69) is 39.9 Å². The number of anilines is 1. The smallest absolute Gasteiger partial charge is 0.243 e. The van der Waals surface area contributed by atoms with Gasteiger partial charge in [-0.25, -0.2) is 0 Å². The summed E-state index contributed by atoms with van der Waals surface area (Å²) in [4.78, 5) is 26.9. The van der Waals surface area contributed by atoms with Gasteiger partial charge in [-0.1, -0.05) is 62.4 Å². The molecule has 9 heteroatoms. The Morgan fingerprint density at radius 3 is 2.56 bits per heavy atom. The first-order valence-electron chi connectivity index (χ1n) is 11.6. The van der Waals surface area contributed by atoms with Crippen molar-refractivity contribution in [2.24, 2.45) is 0 Å². The van der Waals surface area contributed by atoms with Crippen molar-refractivity contribution in [3.05, 3.63) is 59.7 Å². The third kappa shape index (κ3) is 6.66. The molecule has 2 aromatic carbocycles. The van der Waals surface area contributed by atoms with Crippen molar-refractivity contribution in [3.8, 4) is 5.69 Å². The molecule has 1 heterocycles. The van der Waals surface area contributed by atoms with Gasteiger partial charge in [-0.05, 0) is 65.9 Å². The van der Waals surface area contributed by atoms with Gasteiger partial charge in [0.1, 0.15) is 0 Å². The minimum Gasteiger partial charge on any atom is -0.335 e. The maximum Gasteiger partial charge on any atom is 0.243 e. The molecule has 1 aromatic heterocycles. The van der Waals surface area contributed by atoms with E-state index in [0.29, 0.717) is 5.16 Å². The summed E-state index contributed by atoms with van der Waals surface area (Å²) in [5.74, 6) is -0.407. The number of tetrazole rings is 1. The Kier molecular flexibility index (Phi) is 9.21. The molecule has 0 radical (unpaired) electrons. The summed E-state index contributed by atoms with van der Waals surface area (Å²) in [6.45, 7) is 5.97. The predicted octanol–water partition coefficient (Wildman–Crippen LogP) is 4.15. The number of aryl methyl sites for hydroxylation is 2. The molecule has 0 spiro atoms. The number of amides is 2. The standard InChI is InChI=1S/C25H32N6O2S/c1-5-7-10-19-13-15-21(16-14-19)31-25(27-28-29-31)34-18(3)24(33)30(4)17-23(32)26-22-12-9-8-11-20(22)6-2/h8-9,11-16,18H,5-7,10,17H2,1-4H3,(H,26,32). The quantitative estimate of drug-likeness (QED) is 0.415. The van der Waals surface area contributed by atoms with Crippen LogP contribution in [-0.4, -0.2) is 55.8 Å². The molecule has 1 N–H and O–H groups in total. The number of thioether (sulfide) groups is 1. The predicted molar refractivity (Wildman–Crippen MR) is 135 cm³/mol. The summed E-state index contributed by atoms with van der Waals surface area (Å²) in [6, 6.07) is 15.8. The minimum atomic E-state index is -0.464. The summed E-state index contributed by atoms with van der Waals surface area (Å²) >= 11 is 1.27. The first kappa shape index (κ1) is 25.4. The molecule has 1 unspecified atom stereocenters. The van der Waals surface area contributed by atoms with Crippen LogP contribution in [0.1, 0.15) is 44.7 Å². The lowest BCUT2D eigenvalue weighted by atomic mass is 10.1. The molecule has 34 heavy (non-hydrogen) atoms. The summed E-state index contributed by atoms with van der Waals surface area (Å²) < 4.78 is 1.63.